The number of piperidine rings is 3. The molecule has 6 nitrogen and oxygen atoms in total. The lowest BCUT2D eigenvalue weighted by Crippen LogP contribution is -2.65. The van der Waals surface area contributed by atoms with E-state index in [2.05, 4.69) is 5.32 Å². The largest absolute Gasteiger partial charge is 0.508 e. The Hall–Kier alpha value is -3.64. The highest BCUT2D eigenvalue weighted by atomic mass is 16.5. The van der Waals surface area contributed by atoms with Gasteiger partial charge < -0.3 is 19.6 Å². The van der Waals surface area contributed by atoms with Gasteiger partial charge in [-0.15, -0.1) is 0 Å². The highest BCUT2D eigenvalue weighted by Crippen LogP contribution is 2.37. The van der Waals surface area contributed by atoms with Crippen LogP contribution >= 0.6 is 0 Å². The molecule has 3 heterocycles. The zero-order valence-electron chi connectivity index (χ0n) is 19.7. The number of carbonyl (C=O) groups is 2. The van der Waals surface area contributed by atoms with Gasteiger partial charge in [-0.3, -0.25) is 4.79 Å². The maximum atomic E-state index is 13.5. The van der Waals surface area contributed by atoms with Crippen molar-refractivity contribution in [3.8, 4) is 5.75 Å². The number of ketones is 1. The number of fused-ring (bicyclic) bond motifs is 3. The van der Waals surface area contributed by atoms with E-state index in [1.54, 1.807) is 18.2 Å². The Morgan fingerprint density at radius 2 is 1.61 bits per heavy atom. The van der Waals surface area contributed by atoms with Gasteiger partial charge in [0.1, 0.15) is 18.8 Å². The van der Waals surface area contributed by atoms with Crippen LogP contribution in [0.2, 0.25) is 0 Å². The number of Topliss-reactive ketones (excluding diaryl/α,β-unsaturated/α-hetero) is 1. The molecule has 3 saturated heterocycles. The Balaban J connectivity index is 0.00000304. The van der Waals surface area contributed by atoms with Crippen LogP contribution in [0.1, 0.15) is 42.2 Å². The Labute approximate surface area is 213 Å². The van der Waals surface area contributed by atoms with E-state index < -0.39 is 6.04 Å². The van der Waals surface area contributed by atoms with E-state index in [4.69, 9.17) is 4.74 Å². The van der Waals surface area contributed by atoms with Gasteiger partial charge in [-0.2, -0.15) is 0 Å². The van der Waals surface area contributed by atoms with Crippen LogP contribution in [0.3, 0.4) is 0 Å². The molecular formula is C30H35N2O4+. The fourth-order valence-electron chi connectivity index (χ4n) is 5.49. The molecule has 3 aromatic carbocycles. The minimum atomic E-state index is -0.614. The smallest absolute Gasteiger partial charge is 0.333 e. The number of benzene rings is 3. The van der Waals surface area contributed by atoms with E-state index in [1.807, 2.05) is 60.7 Å². The maximum Gasteiger partial charge on any atom is 0.333 e. The van der Waals surface area contributed by atoms with Crippen LogP contribution in [0.5, 0.6) is 5.75 Å². The van der Waals surface area contributed by atoms with Crippen molar-refractivity contribution in [1.82, 2.24) is 0 Å². The molecule has 0 aliphatic carbocycles. The Morgan fingerprint density at radius 3 is 2.28 bits per heavy atom. The highest BCUT2D eigenvalue weighted by Gasteiger charge is 2.49. The molecule has 2 bridgehead atoms. The Kier molecular flexibility index (Phi) is 7.75. The minimum absolute atomic E-state index is 0. The van der Waals surface area contributed by atoms with Crippen molar-refractivity contribution in [3.05, 3.63) is 96.1 Å². The van der Waals surface area contributed by atoms with Crippen LogP contribution in [0.4, 0.5) is 5.69 Å². The molecule has 3 fully saturated rings. The van der Waals surface area contributed by atoms with Crippen molar-refractivity contribution >= 4 is 17.4 Å². The first-order chi connectivity index (χ1) is 17.0. The van der Waals surface area contributed by atoms with Crippen molar-refractivity contribution in [2.24, 2.45) is 5.92 Å². The number of hydrogen-bond acceptors (Lipinski definition) is 5. The zero-order chi connectivity index (χ0) is 24.3. The molecule has 3 aliphatic heterocycles. The number of quaternary nitrogens is 1. The Morgan fingerprint density at radius 1 is 0.944 bits per heavy atom. The first-order valence-electron chi connectivity index (χ1n) is 12.3. The van der Waals surface area contributed by atoms with Gasteiger partial charge in [-0.1, -0.05) is 68.1 Å². The van der Waals surface area contributed by atoms with Crippen molar-refractivity contribution in [3.63, 3.8) is 0 Å². The Bertz CT molecular complexity index is 1170. The van der Waals surface area contributed by atoms with Gasteiger partial charge >= 0.3 is 5.97 Å². The maximum absolute atomic E-state index is 13.5. The number of ether oxygens (including phenoxy) is 1. The van der Waals surface area contributed by atoms with Crippen LogP contribution < -0.4 is 5.32 Å². The summed E-state index contributed by atoms with van der Waals surface area (Å²) in [7, 11) is 0. The van der Waals surface area contributed by atoms with Crippen molar-refractivity contribution in [2.45, 2.75) is 32.4 Å². The summed E-state index contributed by atoms with van der Waals surface area (Å²) < 4.78 is 6.81. The number of esters is 1. The predicted octanol–water partition coefficient (Wildman–Crippen LogP) is 5.22. The summed E-state index contributed by atoms with van der Waals surface area (Å²) in [6.45, 7) is 2.82. The molecule has 6 heteroatoms. The van der Waals surface area contributed by atoms with Gasteiger partial charge in [0.15, 0.2) is 12.1 Å². The molecule has 188 valence electrons. The van der Waals surface area contributed by atoms with Crippen molar-refractivity contribution in [1.29, 1.82) is 0 Å². The summed E-state index contributed by atoms with van der Waals surface area (Å²) in [5, 5.41) is 13.1. The zero-order valence-corrected chi connectivity index (χ0v) is 19.7. The summed E-state index contributed by atoms with van der Waals surface area (Å²) in [6.07, 6.45) is 1.66. The molecule has 36 heavy (non-hydrogen) atoms. The molecule has 0 unspecified atom stereocenters. The summed E-state index contributed by atoms with van der Waals surface area (Å²) in [4.78, 5) is 26.5. The second kappa shape index (κ2) is 11.0. The average molecular weight is 488 g/mol. The third-order valence-corrected chi connectivity index (χ3v) is 7.41. The number of phenols is 1. The van der Waals surface area contributed by atoms with E-state index in [-0.39, 0.29) is 31.0 Å². The lowest BCUT2D eigenvalue weighted by molar-refractivity contribution is -0.938. The first-order valence-corrected chi connectivity index (χ1v) is 12.3. The van der Waals surface area contributed by atoms with Gasteiger partial charge in [0.25, 0.3) is 0 Å². The number of rotatable bonds is 8. The molecule has 0 saturated carbocycles. The monoisotopic (exact) mass is 487 g/mol. The predicted molar refractivity (Wildman–Crippen MR) is 141 cm³/mol. The van der Waals surface area contributed by atoms with Crippen molar-refractivity contribution in [2.75, 3.05) is 31.5 Å². The number of carbonyl (C=O) groups excluding carboxylic acids is 2. The minimum Gasteiger partial charge on any atom is -0.508 e. The van der Waals surface area contributed by atoms with Crippen LogP contribution in [0.25, 0.3) is 0 Å². The SMILES string of the molecule is C.O=C(C[N+]12CCC(CC1)[C@@H](OC(=O)[C@H](Nc1ccccc1)c1ccccc1)C2)c1cccc(O)c1. The molecule has 3 aliphatic rings. The van der Waals surface area contributed by atoms with Crippen LogP contribution in [-0.2, 0) is 9.53 Å². The number of phenolic OH excluding ortho intramolecular Hbond substituents is 1. The quantitative estimate of drug-likeness (QED) is 0.259. The summed E-state index contributed by atoms with van der Waals surface area (Å²) in [5.41, 5.74) is 2.23. The summed E-state index contributed by atoms with van der Waals surface area (Å²) in [5.74, 6) is 0.136. The lowest BCUT2D eigenvalue weighted by atomic mass is 9.82. The van der Waals surface area contributed by atoms with Gasteiger partial charge in [-0.25, -0.2) is 4.79 Å². The second-order valence-corrected chi connectivity index (χ2v) is 9.77. The molecule has 0 amide bonds. The van der Waals surface area contributed by atoms with E-state index >= 15 is 0 Å². The fraction of sp³-hybridized carbons (Fsp3) is 0.333. The number of nitrogens with one attached hydrogen (secondary N) is 1. The topological polar surface area (TPSA) is 75.6 Å². The second-order valence-electron chi connectivity index (χ2n) is 9.77. The lowest BCUT2D eigenvalue weighted by Gasteiger charge is -2.51. The third-order valence-electron chi connectivity index (χ3n) is 7.41. The normalized spacial score (nSPS) is 23.2. The molecule has 2 atom stereocenters. The van der Waals surface area contributed by atoms with Gasteiger partial charge in [0.2, 0.25) is 5.78 Å². The molecule has 0 spiro atoms. The number of aromatic hydroxyl groups is 1. The van der Waals surface area contributed by atoms with E-state index in [0.29, 0.717) is 29.1 Å². The molecule has 6 rings (SSSR count). The van der Waals surface area contributed by atoms with Crippen molar-refractivity contribution < 1.29 is 23.9 Å². The number of nitrogens with zero attached hydrogens (tertiary/aromatic N) is 1. The van der Waals surface area contributed by atoms with Crippen LogP contribution in [0.15, 0.2) is 84.9 Å². The molecule has 2 N–H and O–H groups in total. The van der Waals surface area contributed by atoms with E-state index in [1.165, 1.54) is 6.07 Å². The van der Waals surface area contributed by atoms with E-state index in [9.17, 15) is 14.7 Å². The van der Waals surface area contributed by atoms with Crippen LogP contribution in [0, 0.1) is 5.92 Å². The van der Waals surface area contributed by atoms with Gasteiger partial charge in [-0.05, 0) is 29.8 Å². The number of hydrogen-bond donors (Lipinski definition) is 2. The summed E-state index contributed by atoms with van der Waals surface area (Å²) in [6, 6.07) is 25.2. The standard InChI is InChI=1S/C29H30N2O4.CH4/c32-25-13-7-10-23(18-25)26(33)19-31-16-14-21(15-17-31)27(20-31)35-29(34)28(22-8-3-1-4-9-22)30-24-11-5-2-6-12-24;/h1-13,18,21,27-28,30H,14-17,19-20H2;1H4/p+1/t21?,27-,28+,31?;/m0./s1. The molecule has 0 aromatic heterocycles. The van der Waals surface area contributed by atoms with Gasteiger partial charge in [0.05, 0.1) is 13.1 Å². The average Bonchev–Trinajstić information content (AvgIpc) is 2.89. The molecule has 3 aromatic rings. The molecular weight excluding hydrogens is 452 g/mol. The van der Waals surface area contributed by atoms with Crippen LogP contribution in [-0.4, -0.2) is 53.6 Å². The fourth-order valence-corrected chi connectivity index (χ4v) is 5.49. The highest BCUT2D eigenvalue weighted by molar-refractivity contribution is 5.97. The number of para-hydroxylation sites is 1. The van der Waals surface area contributed by atoms with Gasteiger partial charge in [0, 0.05) is 30.0 Å². The molecule has 0 radical (unpaired) electrons. The number of anilines is 1. The first kappa shape index (κ1) is 25.5. The third kappa shape index (κ3) is 5.60. The summed E-state index contributed by atoms with van der Waals surface area (Å²) >= 11 is 0. The van der Waals surface area contributed by atoms with E-state index in [0.717, 1.165) is 37.2 Å².